The van der Waals surface area contributed by atoms with Gasteiger partial charge in [-0.2, -0.15) is 5.10 Å². The van der Waals surface area contributed by atoms with Gasteiger partial charge in [0.15, 0.2) is 0 Å². The fourth-order valence-electron chi connectivity index (χ4n) is 2.07. The highest BCUT2D eigenvalue weighted by molar-refractivity contribution is 9.10. The van der Waals surface area contributed by atoms with E-state index in [4.69, 9.17) is 0 Å². The van der Waals surface area contributed by atoms with Gasteiger partial charge in [-0.05, 0) is 28.8 Å². The van der Waals surface area contributed by atoms with E-state index in [1.54, 1.807) is 6.20 Å². The maximum absolute atomic E-state index is 9.94. The molecule has 0 radical (unpaired) electrons. The fraction of sp³-hybridized carbons (Fsp3) is 0.700. The second-order valence-electron chi connectivity index (χ2n) is 3.91. The molecule has 14 heavy (non-hydrogen) atoms. The summed E-state index contributed by atoms with van der Waals surface area (Å²) in [7, 11) is 0. The molecule has 1 heterocycles. The molecule has 78 valence electrons. The van der Waals surface area contributed by atoms with Gasteiger partial charge in [-0.1, -0.05) is 19.3 Å². The van der Waals surface area contributed by atoms with Gasteiger partial charge >= 0.3 is 0 Å². The van der Waals surface area contributed by atoms with Crippen LogP contribution in [0.2, 0.25) is 0 Å². The monoisotopic (exact) mass is 258 g/mol. The van der Waals surface area contributed by atoms with Crippen LogP contribution in [0.4, 0.5) is 0 Å². The fourth-order valence-corrected chi connectivity index (χ4v) is 2.37. The highest BCUT2D eigenvalue weighted by Crippen LogP contribution is 2.27. The SMILES string of the molecule is OC1CCCCCC1n1cc(Br)cn1. The summed E-state index contributed by atoms with van der Waals surface area (Å²) < 4.78 is 2.87. The molecule has 0 spiro atoms. The first-order valence-electron chi connectivity index (χ1n) is 5.15. The van der Waals surface area contributed by atoms with Gasteiger partial charge in [0, 0.05) is 6.20 Å². The van der Waals surface area contributed by atoms with Crippen LogP contribution in [-0.4, -0.2) is 21.0 Å². The molecule has 1 aliphatic carbocycles. The Kier molecular flexibility index (Phi) is 3.23. The van der Waals surface area contributed by atoms with Crippen LogP contribution < -0.4 is 0 Å². The van der Waals surface area contributed by atoms with Crippen molar-refractivity contribution in [1.82, 2.24) is 9.78 Å². The first kappa shape index (κ1) is 10.2. The predicted molar refractivity (Wildman–Crippen MR) is 58.1 cm³/mol. The lowest BCUT2D eigenvalue weighted by Gasteiger charge is -2.20. The molecule has 1 saturated carbocycles. The smallest absolute Gasteiger partial charge is 0.0778 e. The highest BCUT2D eigenvalue weighted by atomic mass is 79.9. The molecule has 3 nitrogen and oxygen atoms in total. The number of nitrogens with zero attached hydrogens (tertiary/aromatic N) is 2. The summed E-state index contributed by atoms with van der Waals surface area (Å²) in [5.74, 6) is 0. The van der Waals surface area contributed by atoms with Crippen LogP contribution in [0.25, 0.3) is 0 Å². The molecule has 0 bridgehead atoms. The van der Waals surface area contributed by atoms with Crippen LogP contribution in [-0.2, 0) is 0 Å². The molecule has 0 saturated heterocycles. The van der Waals surface area contributed by atoms with Crippen LogP contribution in [0, 0.1) is 0 Å². The van der Waals surface area contributed by atoms with Gasteiger partial charge in [0.25, 0.3) is 0 Å². The van der Waals surface area contributed by atoms with Crippen molar-refractivity contribution in [1.29, 1.82) is 0 Å². The largest absolute Gasteiger partial charge is 0.391 e. The van der Waals surface area contributed by atoms with Crippen molar-refractivity contribution >= 4 is 15.9 Å². The van der Waals surface area contributed by atoms with E-state index < -0.39 is 0 Å². The quantitative estimate of drug-likeness (QED) is 0.787. The molecule has 4 heteroatoms. The zero-order chi connectivity index (χ0) is 9.97. The number of aromatic nitrogens is 2. The molecule has 0 amide bonds. The van der Waals surface area contributed by atoms with Crippen molar-refractivity contribution in [2.75, 3.05) is 0 Å². The Bertz CT molecular complexity index is 300. The summed E-state index contributed by atoms with van der Waals surface area (Å²) >= 11 is 3.37. The summed E-state index contributed by atoms with van der Waals surface area (Å²) in [6.07, 6.45) is 8.99. The molecular formula is C10H15BrN2O. The van der Waals surface area contributed by atoms with Crippen LogP contribution >= 0.6 is 15.9 Å². The molecule has 1 N–H and O–H groups in total. The zero-order valence-electron chi connectivity index (χ0n) is 8.06. The topological polar surface area (TPSA) is 38.0 Å². The van der Waals surface area contributed by atoms with E-state index in [2.05, 4.69) is 21.0 Å². The lowest BCUT2D eigenvalue weighted by molar-refractivity contribution is 0.0990. The Labute approximate surface area is 92.2 Å². The molecule has 1 aromatic rings. The predicted octanol–water partition coefficient (Wildman–Crippen LogP) is 2.51. The molecule has 2 atom stereocenters. The van der Waals surface area contributed by atoms with Gasteiger partial charge in [0.2, 0.25) is 0 Å². The Morgan fingerprint density at radius 2 is 2.14 bits per heavy atom. The van der Waals surface area contributed by atoms with Gasteiger partial charge < -0.3 is 5.11 Å². The first-order chi connectivity index (χ1) is 6.77. The van der Waals surface area contributed by atoms with Crippen molar-refractivity contribution in [2.24, 2.45) is 0 Å². The average molecular weight is 259 g/mol. The minimum absolute atomic E-state index is 0.170. The van der Waals surface area contributed by atoms with E-state index >= 15 is 0 Å². The number of aliphatic hydroxyl groups excluding tert-OH is 1. The van der Waals surface area contributed by atoms with Gasteiger partial charge in [0.05, 0.1) is 22.8 Å². The van der Waals surface area contributed by atoms with Crippen molar-refractivity contribution in [2.45, 2.75) is 44.2 Å². The Balaban J connectivity index is 2.14. The highest BCUT2D eigenvalue weighted by Gasteiger charge is 2.23. The van der Waals surface area contributed by atoms with Crippen molar-refractivity contribution in [3.63, 3.8) is 0 Å². The summed E-state index contributed by atoms with van der Waals surface area (Å²) in [6.45, 7) is 0. The number of hydrogen-bond donors (Lipinski definition) is 1. The summed E-state index contributed by atoms with van der Waals surface area (Å²) in [5.41, 5.74) is 0. The van der Waals surface area contributed by atoms with Crippen LogP contribution in [0.15, 0.2) is 16.9 Å². The van der Waals surface area contributed by atoms with E-state index in [1.807, 2.05) is 10.9 Å². The second kappa shape index (κ2) is 4.45. The van der Waals surface area contributed by atoms with Crippen molar-refractivity contribution < 1.29 is 5.11 Å². The Morgan fingerprint density at radius 3 is 2.86 bits per heavy atom. The normalized spacial score (nSPS) is 28.7. The Morgan fingerprint density at radius 1 is 1.36 bits per heavy atom. The average Bonchev–Trinajstić information content (AvgIpc) is 2.46. The first-order valence-corrected chi connectivity index (χ1v) is 5.94. The van der Waals surface area contributed by atoms with Gasteiger partial charge in [-0.25, -0.2) is 0 Å². The Hall–Kier alpha value is -0.350. The lowest BCUT2D eigenvalue weighted by Crippen LogP contribution is -2.23. The molecule has 2 unspecified atom stereocenters. The van der Waals surface area contributed by atoms with Crippen molar-refractivity contribution in [3.05, 3.63) is 16.9 Å². The van der Waals surface area contributed by atoms with Gasteiger partial charge in [0.1, 0.15) is 0 Å². The maximum atomic E-state index is 9.94. The van der Waals surface area contributed by atoms with E-state index in [-0.39, 0.29) is 12.1 Å². The van der Waals surface area contributed by atoms with Crippen LogP contribution in [0.1, 0.15) is 38.1 Å². The lowest BCUT2D eigenvalue weighted by atomic mass is 10.1. The zero-order valence-corrected chi connectivity index (χ0v) is 9.65. The minimum atomic E-state index is -0.232. The third-order valence-electron chi connectivity index (χ3n) is 2.85. The molecule has 0 aromatic carbocycles. The van der Waals surface area contributed by atoms with Crippen LogP contribution in [0.5, 0.6) is 0 Å². The molecule has 1 fully saturated rings. The number of halogens is 1. The summed E-state index contributed by atoms with van der Waals surface area (Å²) in [4.78, 5) is 0. The van der Waals surface area contributed by atoms with Crippen LogP contribution in [0.3, 0.4) is 0 Å². The van der Waals surface area contributed by atoms with E-state index in [0.29, 0.717) is 0 Å². The standard InChI is InChI=1S/C10H15BrN2O/c11-8-6-12-13(7-8)9-4-2-1-3-5-10(9)14/h6-7,9-10,14H,1-5H2. The second-order valence-corrected chi connectivity index (χ2v) is 4.83. The molecule has 0 aliphatic heterocycles. The molecule has 1 aliphatic rings. The van der Waals surface area contributed by atoms with Gasteiger partial charge in [-0.3, -0.25) is 4.68 Å². The maximum Gasteiger partial charge on any atom is 0.0778 e. The minimum Gasteiger partial charge on any atom is -0.391 e. The number of hydrogen-bond acceptors (Lipinski definition) is 2. The third-order valence-corrected chi connectivity index (χ3v) is 3.26. The third kappa shape index (κ3) is 2.17. The summed E-state index contributed by atoms with van der Waals surface area (Å²) in [5, 5.41) is 14.2. The van der Waals surface area contributed by atoms with Gasteiger partial charge in [-0.15, -0.1) is 0 Å². The number of rotatable bonds is 1. The molecule has 1 aromatic heterocycles. The van der Waals surface area contributed by atoms with E-state index in [0.717, 1.165) is 23.7 Å². The molecule has 2 rings (SSSR count). The molecular weight excluding hydrogens is 244 g/mol. The number of aliphatic hydroxyl groups is 1. The van der Waals surface area contributed by atoms with Crippen molar-refractivity contribution in [3.8, 4) is 0 Å². The summed E-state index contributed by atoms with van der Waals surface area (Å²) in [6, 6.07) is 0.170. The van der Waals surface area contributed by atoms with E-state index in [9.17, 15) is 5.11 Å². The van der Waals surface area contributed by atoms with E-state index in [1.165, 1.54) is 12.8 Å².